The van der Waals surface area contributed by atoms with Gasteiger partial charge in [-0.05, 0) is 63.9 Å². The summed E-state index contributed by atoms with van der Waals surface area (Å²) in [5, 5.41) is 0. The molecule has 3 rings (SSSR count). The number of carbonyl (C=O) groups is 1. The van der Waals surface area contributed by atoms with Crippen molar-refractivity contribution in [2.24, 2.45) is 5.92 Å². The van der Waals surface area contributed by atoms with Crippen LogP contribution in [0.15, 0.2) is 72.5 Å². The number of rotatable bonds is 8. The van der Waals surface area contributed by atoms with Gasteiger partial charge in [-0.15, -0.1) is 6.54 Å². The van der Waals surface area contributed by atoms with E-state index in [4.69, 9.17) is 10.5 Å². The molecule has 2 aromatic carbocycles. The number of nitrogens with zero attached hydrogens (tertiary/aromatic N) is 2. The van der Waals surface area contributed by atoms with E-state index in [1.165, 1.54) is 0 Å². The predicted molar refractivity (Wildman–Crippen MR) is 131 cm³/mol. The zero-order valence-electron chi connectivity index (χ0n) is 20.1. The monoisotopic (exact) mass is 541 g/mol. The fourth-order valence-electron chi connectivity index (χ4n) is 4.57. The average molecular weight is 542 g/mol. The van der Waals surface area contributed by atoms with Crippen molar-refractivity contribution in [3.05, 3.63) is 89.4 Å². The van der Waals surface area contributed by atoms with Crippen molar-refractivity contribution in [3.8, 4) is 0 Å². The van der Waals surface area contributed by atoms with Gasteiger partial charge in [-0.25, -0.2) is 4.79 Å². The molecule has 1 aliphatic rings. The number of ether oxygens (including phenoxy) is 1. The summed E-state index contributed by atoms with van der Waals surface area (Å²) in [7, 11) is 4.16. The number of amides is 1. The standard InChI is InChI=1S/C27H36N3O2.Ag/c1-5-25(32-26(31)30-17-16-22(19-28)20-30)27(18-21(2)29(3)4,23-12-8-6-9-13-23)24-14-10-7-11-15-24;/h5-15,21-22,28H,16-20H2,1-4H3;/q-1;+1/b25-5-;. The van der Waals surface area contributed by atoms with Crippen LogP contribution < -0.4 is 0 Å². The van der Waals surface area contributed by atoms with Gasteiger partial charge in [0.1, 0.15) is 5.76 Å². The zero-order chi connectivity index (χ0) is 23.1. The smallest absolute Gasteiger partial charge is 0.677 e. The Morgan fingerprint density at radius 2 is 1.70 bits per heavy atom. The summed E-state index contributed by atoms with van der Waals surface area (Å²) >= 11 is 0. The number of allylic oxidation sites excluding steroid dienone is 2. The molecule has 2 aromatic rings. The molecule has 0 radical (unpaired) electrons. The first-order valence-electron chi connectivity index (χ1n) is 11.5. The Balaban J connectivity index is 0.00000385. The molecule has 2 atom stereocenters. The number of nitrogens with one attached hydrogen (secondary N) is 1. The molecule has 1 N–H and O–H groups in total. The van der Waals surface area contributed by atoms with Crippen LogP contribution in [-0.2, 0) is 32.5 Å². The van der Waals surface area contributed by atoms with Gasteiger partial charge in [0, 0.05) is 19.1 Å². The Morgan fingerprint density at radius 3 is 2.12 bits per heavy atom. The molecule has 1 amide bonds. The van der Waals surface area contributed by atoms with Gasteiger partial charge >= 0.3 is 28.5 Å². The Hall–Kier alpha value is -1.89. The van der Waals surface area contributed by atoms with E-state index >= 15 is 0 Å². The minimum absolute atomic E-state index is 0. The molecule has 0 bridgehead atoms. The molecule has 0 spiro atoms. The topological polar surface area (TPSA) is 56.6 Å². The van der Waals surface area contributed by atoms with Gasteiger partial charge in [-0.2, -0.15) is 0 Å². The van der Waals surface area contributed by atoms with Crippen molar-refractivity contribution < 1.29 is 31.9 Å². The predicted octanol–water partition coefficient (Wildman–Crippen LogP) is 5.72. The van der Waals surface area contributed by atoms with Crippen molar-refractivity contribution in [1.29, 1.82) is 0 Å². The molecule has 1 heterocycles. The minimum Gasteiger partial charge on any atom is -0.677 e. The molecular formula is C27H36AgN3O2. The van der Waals surface area contributed by atoms with Gasteiger partial charge in [0.2, 0.25) is 0 Å². The Labute approximate surface area is 214 Å². The largest absolute Gasteiger partial charge is 1.00 e. The van der Waals surface area contributed by atoms with Crippen LogP contribution in [-0.4, -0.2) is 55.7 Å². The summed E-state index contributed by atoms with van der Waals surface area (Å²) in [6.45, 7) is 5.74. The van der Waals surface area contributed by atoms with Crippen molar-refractivity contribution in [3.63, 3.8) is 0 Å². The minimum atomic E-state index is -0.606. The van der Waals surface area contributed by atoms with Crippen LogP contribution in [0.2, 0.25) is 0 Å². The third-order valence-corrected chi connectivity index (χ3v) is 6.73. The molecule has 33 heavy (non-hydrogen) atoms. The molecule has 2 unspecified atom stereocenters. The number of hydrogen-bond acceptors (Lipinski definition) is 3. The molecule has 0 aliphatic carbocycles. The third kappa shape index (κ3) is 6.17. The Kier molecular flexibility index (Phi) is 10.4. The maximum atomic E-state index is 13.2. The van der Waals surface area contributed by atoms with Crippen molar-refractivity contribution >= 4 is 6.09 Å². The second kappa shape index (κ2) is 12.5. The number of likely N-dealkylation sites (tertiary alicyclic amines) is 1. The molecule has 182 valence electrons. The molecule has 0 aromatic heterocycles. The summed E-state index contributed by atoms with van der Waals surface area (Å²) in [6, 6.07) is 20.9. The van der Waals surface area contributed by atoms with Crippen LogP contribution in [0.1, 0.15) is 37.8 Å². The van der Waals surface area contributed by atoms with Crippen LogP contribution in [0.4, 0.5) is 4.79 Å². The van der Waals surface area contributed by atoms with Gasteiger partial charge in [0.15, 0.2) is 0 Å². The average Bonchev–Trinajstić information content (AvgIpc) is 3.31. The normalized spacial score (nSPS) is 17.6. The molecule has 1 saturated heterocycles. The fraction of sp³-hybridized carbons (Fsp3) is 0.444. The molecule has 0 saturated carbocycles. The van der Waals surface area contributed by atoms with Crippen molar-refractivity contribution in [2.45, 2.75) is 38.1 Å². The quantitative estimate of drug-likeness (QED) is 0.317. The van der Waals surface area contributed by atoms with Crippen LogP contribution in [0.25, 0.3) is 5.73 Å². The second-order valence-corrected chi connectivity index (χ2v) is 8.98. The SMILES string of the molecule is C/C=C(\OC(=O)N1CCC(C[NH-])C1)C(CC(C)N(C)C)(c1ccccc1)c1ccccc1.[Ag+]. The van der Waals surface area contributed by atoms with E-state index in [0.29, 0.717) is 25.4 Å². The number of benzene rings is 2. The third-order valence-electron chi connectivity index (χ3n) is 6.73. The second-order valence-electron chi connectivity index (χ2n) is 8.98. The van der Waals surface area contributed by atoms with Crippen LogP contribution in [0.5, 0.6) is 0 Å². The molecular weight excluding hydrogens is 506 g/mol. The van der Waals surface area contributed by atoms with Gasteiger partial charge < -0.3 is 20.3 Å². The Morgan fingerprint density at radius 1 is 1.15 bits per heavy atom. The van der Waals surface area contributed by atoms with E-state index in [0.717, 1.165) is 24.0 Å². The molecule has 1 fully saturated rings. The van der Waals surface area contributed by atoms with E-state index in [9.17, 15) is 4.79 Å². The van der Waals surface area contributed by atoms with E-state index in [-0.39, 0.29) is 40.4 Å². The molecule has 5 nitrogen and oxygen atoms in total. The molecule has 1 aliphatic heterocycles. The summed E-state index contributed by atoms with van der Waals surface area (Å²) in [6.07, 6.45) is 3.25. The van der Waals surface area contributed by atoms with Gasteiger partial charge in [-0.3, -0.25) is 0 Å². The number of carbonyl (C=O) groups excluding carboxylic acids is 1. The van der Waals surface area contributed by atoms with Crippen LogP contribution >= 0.6 is 0 Å². The number of hydrogen-bond donors (Lipinski definition) is 0. The first-order valence-corrected chi connectivity index (χ1v) is 11.5. The fourth-order valence-corrected chi connectivity index (χ4v) is 4.57. The van der Waals surface area contributed by atoms with Crippen molar-refractivity contribution in [1.82, 2.24) is 9.80 Å². The zero-order valence-corrected chi connectivity index (χ0v) is 21.5. The van der Waals surface area contributed by atoms with Crippen LogP contribution in [0, 0.1) is 5.92 Å². The van der Waals surface area contributed by atoms with Crippen molar-refractivity contribution in [2.75, 3.05) is 33.7 Å². The maximum absolute atomic E-state index is 13.2. The van der Waals surface area contributed by atoms with Gasteiger partial charge in [-0.1, -0.05) is 60.7 Å². The molecule has 6 heteroatoms. The van der Waals surface area contributed by atoms with Gasteiger partial charge in [0.05, 0.1) is 5.41 Å². The maximum Gasteiger partial charge on any atom is 1.00 e. The first kappa shape index (κ1) is 27.4. The van der Waals surface area contributed by atoms with E-state index in [2.05, 4.69) is 50.2 Å². The first-order chi connectivity index (χ1) is 15.4. The van der Waals surface area contributed by atoms with E-state index < -0.39 is 5.41 Å². The van der Waals surface area contributed by atoms with E-state index in [1.54, 1.807) is 4.90 Å². The van der Waals surface area contributed by atoms with Crippen LogP contribution in [0.3, 0.4) is 0 Å². The van der Waals surface area contributed by atoms with E-state index in [1.807, 2.05) is 49.4 Å². The Bertz CT molecular complexity index is 863. The summed E-state index contributed by atoms with van der Waals surface area (Å²) < 4.78 is 6.20. The summed E-state index contributed by atoms with van der Waals surface area (Å²) in [5.74, 6) is 0.890. The summed E-state index contributed by atoms with van der Waals surface area (Å²) in [4.78, 5) is 17.1. The van der Waals surface area contributed by atoms with Gasteiger partial charge in [0.25, 0.3) is 0 Å². The summed E-state index contributed by atoms with van der Waals surface area (Å²) in [5.41, 5.74) is 9.25.